The molecule has 0 saturated heterocycles. The number of fused-ring (bicyclic) bond motifs is 1. The third-order valence-corrected chi connectivity index (χ3v) is 5.38. The molecule has 3 rings (SSSR count). The number of rotatable bonds is 5. The van der Waals surface area contributed by atoms with Crippen LogP contribution in [0.25, 0.3) is 0 Å². The molecule has 0 aromatic heterocycles. The number of alkyl halides is 4. The molecule has 0 amide bonds. The fourth-order valence-corrected chi connectivity index (χ4v) is 3.89. The minimum atomic E-state index is -5.12. The summed E-state index contributed by atoms with van der Waals surface area (Å²) in [6.07, 6.45) is -0.991. The molecule has 26 heavy (non-hydrogen) atoms. The first kappa shape index (κ1) is 18.4. The molecule has 1 aliphatic carbocycles. The molecule has 1 aliphatic rings. The minimum Gasteiger partial charge on any atom is -0.480 e. The largest absolute Gasteiger partial charge is 0.480 e. The van der Waals surface area contributed by atoms with Crippen LogP contribution in [0.4, 0.5) is 17.6 Å². The second-order valence-corrected chi connectivity index (χ2v) is 7.07. The Morgan fingerprint density at radius 2 is 1.58 bits per heavy atom. The van der Waals surface area contributed by atoms with Crippen LogP contribution in [0.15, 0.2) is 59.5 Å². The highest BCUT2D eigenvalue weighted by Crippen LogP contribution is 2.58. The summed E-state index contributed by atoms with van der Waals surface area (Å²) in [7, 11) is 0. The van der Waals surface area contributed by atoms with E-state index in [4.69, 9.17) is 0 Å². The summed E-state index contributed by atoms with van der Waals surface area (Å²) in [6, 6.07) is 12.0. The van der Waals surface area contributed by atoms with Gasteiger partial charge in [0.1, 0.15) is 0 Å². The molecule has 2 aromatic carbocycles. The Kier molecular flexibility index (Phi) is 4.34. The Labute approximate surface area is 150 Å². The maximum atomic E-state index is 14.9. The Balaban J connectivity index is 2.08. The summed E-state index contributed by atoms with van der Waals surface area (Å²) >= 11 is -0.462. The van der Waals surface area contributed by atoms with Gasteiger partial charge in [0.05, 0.1) is 0 Å². The van der Waals surface area contributed by atoms with E-state index in [1.807, 2.05) is 0 Å². The predicted molar refractivity (Wildman–Crippen MR) is 86.7 cm³/mol. The zero-order valence-electron chi connectivity index (χ0n) is 13.1. The number of carbonyl (C=O) groups excluding carboxylic acids is 1. The van der Waals surface area contributed by atoms with Gasteiger partial charge in [0.15, 0.2) is 5.78 Å². The van der Waals surface area contributed by atoms with Gasteiger partial charge in [-0.3, -0.25) is 9.59 Å². The molecular formula is C18H12F4O3S. The van der Waals surface area contributed by atoms with Gasteiger partial charge < -0.3 is 5.11 Å². The number of hydrogen-bond acceptors (Lipinski definition) is 3. The van der Waals surface area contributed by atoms with Gasteiger partial charge in [-0.05, 0) is 29.5 Å². The molecule has 3 nitrogen and oxygen atoms in total. The minimum absolute atomic E-state index is 0.0140. The van der Waals surface area contributed by atoms with Gasteiger partial charge in [-0.15, -0.1) is 0 Å². The van der Waals surface area contributed by atoms with Gasteiger partial charge in [-0.1, -0.05) is 42.5 Å². The van der Waals surface area contributed by atoms with Crippen LogP contribution in [-0.2, 0) is 11.2 Å². The zero-order valence-corrected chi connectivity index (χ0v) is 13.9. The van der Waals surface area contributed by atoms with Gasteiger partial charge >= 0.3 is 17.1 Å². The topological polar surface area (TPSA) is 54.4 Å². The standard InChI is InChI=1S/C18H12F4O3S/c19-17(20,18(21,22)26-12-7-2-1-3-8-12)16(15(24)25)10-11-6-4-5-9-13(11)14(16)23/h1-9H,10H2,(H,24,25). The van der Waals surface area contributed by atoms with E-state index in [0.29, 0.717) is 0 Å². The molecular weight excluding hydrogens is 372 g/mol. The SMILES string of the molecule is O=C(O)C1(C(F)(F)C(F)(F)Sc2ccccc2)Cc2ccccc2C1=O. The van der Waals surface area contributed by atoms with Crippen LogP contribution in [0, 0.1) is 5.41 Å². The van der Waals surface area contributed by atoms with E-state index in [1.54, 1.807) is 0 Å². The predicted octanol–water partition coefficient (Wildman–Crippen LogP) is 4.52. The van der Waals surface area contributed by atoms with Gasteiger partial charge in [0.2, 0.25) is 5.41 Å². The van der Waals surface area contributed by atoms with Crippen molar-refractivity contribution < 1.29 is 32.3 Å². The number of halogens is 4. The van der Waals surface area contributed by atoms with Crippen LogP contribution in [0.5, 0.6) is 0 Å². The summed E-state index contributed by atoms with van der Waals surface area (Å²) in [5.74, 6) is -8.89. The molecule has 0 radical (unpaired) electrons. The van der Waals surface area contributed by atoms with E-state index in [9.17, 15) is 32.3 Å². The third kappa shape index (κ3) is 2.51. The molecule has 1 N–H and O–H groups in total. The lowest BCUT2D eigenvalue weighted by atomic mass is 9.77. The molecule has 0 bridgehead atoms. The fourth-order valence-electron chi connectivity index (χ4n) is 3.00. The average Bonchev–Trinajstić information content (AvgIpc) is 2.90. The third-order valence-electron chi connectivity index (χ3n) is 4.36. The summed E-state index contributed by atoms with van der Waals surface area (Å²) in [6.45, 7) is 0. The highest BCUT2D eigenvalue weighted by Gasteiger charge is 2.77. The van der Waals surface area contributed by atoms with Crippen molar-refractivity contribution in [2.45, 2.75) is 22.5 Å². The highest BCUT2D eigenvalue weighted by atomic mass is 32.2. The smallest absolute Gasteiger partial charge is 0.362 e. The van der Waals surface area contributed by atoms with Gasteiger partial charge in [0, 0.05) is 16.9 Å². The lowest BCUT2D eigenvalue weighted by molar-refractivity contribution is -0.217. The zero-order chi connectivity index (χ0) is 19.2. The number of aliphatic carboxylic acids is 1. The summed E-state index contributed by atoms with van der Waals surface area (Å²) in [4.78, 5) is 24.0. The van der Waals surface area contributed by atoms with E-state index in [1.165, 1.54) is 54.6 Å². The maximum absolute atomic E-state index is 14.9. The first-order chi connectivity index (χ1) is 12.1. The molecule has 2 aromatic rings. The van der Waals surface area contributed by atoms with Gasteiger partial charge in [-0.2, -0.15) is 17.6 Å². The van der Waals surface area contributed by atoms with Crippen molar-refractivity contribution in [3.8, 4) is 0 Å². The van der Waals surface area contributed by atoms with Crippen molar-refractivity contribution >= 4 is 23.5 Å². The number of carboxylic acids is 1. The number of carboxylic acid groups (broad SMARTS) is 1. The number of hydrogen-bond donors (Lipinski definition) is 1. The van der Waals surface area contributed by atoms with Crippen LogP contribution >= 0.6 is 11.8 Å². The van der Waals surface area contributed by atoms with Crippen LogP contribution in [-0.4, -0.2) is 28.0 Å². The Morgan fingerprint density at radius 3 is 2.15 bits per heavy atom. The number of Topliss-reactive ketones (excluding diaryl/α,β-unsaturated/α-hetero) is 1. The van der Waals surface area contributed by atoms with Crippen LogP contribution in [0.1, 0.15) is 15.9 Å². The number of carbonyl (C=O) groups is 2. The average molecular weight is 384 g/mol. The van der Waals surface area contributed by atoms with Gasteiger partial charge in [-0.25, -0.2) is 0 Å². The molecule has 0 saturated carbocycles. The lowest BCUT2D eigenvalue weighted by Crippen LogP contribution is -2.59. The maximum Gasteiger partial charge on any atom is 0.362 e. The number of thioether (sulfide) groups is 1. The molecule has 0 spiro atoms. The lowest BCUT2D eigenvalue weighted by Gasteiger charge is -2.36. The molecule has 0 heterocycles. The monoisotopic (exact) mass is 384 g/mol. The molecule has 1 unspecified atom stereocenters. The summed E-state index contributed by atoms with van der Waals surface area (Å²) in [5.41, 5.74) is -3.81. The Bertz CT molecular complexity index is 870. The Hall–Kier alpha value is -2.35. The van der Waals surface area contributed by atoms with Crippen LogP contribution < -0.4 is 0 Å². The molecule has 0 aliphatic heterocycles. The molecule has 1 atom stereocenters. The normalized spacial score (nSPS) is 20.1. The summed E-state index contributed by atoms with van der Waals surface area (Å²) in [5, 5.41) is 4.61. The Morgan fingerprint density at radius 1 is 1.00 bits per heavy atom. The van der Waals surface area contributed by atoms with Crippen LogP contribution in [0.3, 0.4) is 0 Å². The van der Waals surface area contributed by atoms with Gasteiger partial charge in [0.25, 0.3) is 0 Å². The first-order valence-electron chi connectivity index (χ1n) is 7.49. The summed E-state index contributed by atoms with van der Waals surface area (Å²) < 4.78 is 59.0. The highest BCUT2D eigenvalue weighted by molar-refractivity contribution is 8.00. The van der Waals surface area contributed by atoms with Crippen molar-refractivity contribution in [3.63, 3.8) is 0 Å². The fraction of sp³-hybridized carbons (Fsp3) is 0.222. The van der Waals surface area contributed by atoms with Crippen LogP contribution in [0.2, 0.25) is 0 Å². The second kappa shape index (κ2) is 6.12. The first-order valence-corrected chi connectivity index (χ1v) is 8.31. The van der Waals surface area contributed by atoms with Crippen molar-refractivity contribution in [1.82, 2.24) is 0 Å². The van der Waals surface area contributed by atoms with E-state index in [-0.39, 0.29) is 16.0 Å². The van der Waals surface area contributed by atoms with Crippen molar-refractivity contribution in [3.05, 3.63) is 65.7 Å². The van der Waals surface area contributed by atoms with E-state index < -0.39 is 46.5 Å². The van der Waals surface area contributed by atoms with Crippen molar-refractivity contribution in [2.75, 3.05) is 0 Å². The quantitative estimate of drug-likeness (QED) is 0.468. The van der Waals surface area contributed by atoms with E-state index >= 15 is 0 Å². The van der Waals surface area contributed by atoms with E-state index in [0.717, 1.165) is 0 Å². The number of ketones is 1. The molecule has 136 valence electrons. The molecule has 0 fully saturated rings. The van der Waals surface area contributed by atoms with E-state index in [2.05, 4.69) is 0 Å². The number of benzene rings is 2. The molecule has 8 heteroatoms. The van der Waals surface area contributed by atoms with Crippen molar-refractivity contribution in [1.29, 1.82) is 0 Å². The second-order valence-electron chi connectivity index (χ2n) is 5.88. The van der Waals surface area contributed by atoms with Crippen molar-refractivity contribution in [2.24, 2.45) is 5.41 Å².